The number of anilines is 1. The predicted octanol–water partition coefficient (Wildman–Crippen LogP) is 2.07. The van der Waals surface area contributed by atoms with E-state index in [0.29, 0.717) is 55.7 Å². The Morgan fingerprint density at radius 1 is 0.821 bits per heavy atom. The molecular weight excluding hydrogens is 496 g/mol. The van der Waals surface area contributed by atoms with Crippen LogP contribution in [-0.4, -0.2) is 97.2 Å². The van der Waals surface area contributed by atoms with Crippen LogP contribution in [0.5, 0.6) is 11.5 Å². The molecular formula is C29H36N6O4. The number of benzene rings is 2. The maximum absolute atomic E-state index is 13.3. The van der Waals surface area contributed by atoms with Gasteiger partial charge in [-0.3, -0.25) is 24.4 Å². The van der Waals surface area contributed by atoms with Crippen molar-refractivity contribution in [3.63, 3.8) is 0 Å². The van der Waals surface area contributed by atoms with Crippen LogP contribution in [0.25, 0.3) is 0 Å². The van der Waals surface area contributed by atoms with Crippen molar-refractivity contribution < 1.29 is 14.3 Å². The highest BCUT2D eigenvalue weighted by atomic mass is 16.5. The van der Waals surface area contributed by atoms with E-state index in [9.17, 15) is 9.59 Å². The molecule has 2 saturated heterocycles. The van der Waals surface area contributed by atoms with Crippen molar-refractivity contribution in [3.8, 4) is 11.5 Å². The van der Waals surface area contributed by atoms with Crippen molar-refractivity contribution in [2.75, 3.05) is 71.5 Å². The number of H-pyrrole nitrogens is 1. The molecule has 0 saturated carbocycles. The van der Waals surface area contributed by atoms with Crippen LogP contribution in [0.4, 0.5) is 5.95 Å². The minimum absolute atomic E-state index is 0.134. The summed E-state index contributed by atoms with van der Waals surface area (Å²) in [6, 6.07) is 17.4. The van der Waals surface area contributed by atoms with Gasteiger partial charge in [-0.25, -0.2) is 4.98 Å². The fourth-order valence-corrected chi connectivity index (χ4v) is 5.24. The van der Waals surface area contributed by atoms with Crippen LogP contribution in [0.1, 0.15) is 21.6 Å². The Morgan fingerprint density at radius 2 is 1.44 bits per heavy atom. The largest absolute Gasteiger partial charge is 0.496 e. The number of piperazine rings is 2. The maximum atomic E-state index is 13.3. The van der Waals surface area contributed by atoms with Gasteiger partial charge in [-0.2, -0.15) is 0 Å². The Bertz CT molecular complexity index is 1290. The second kappa shape index (κ2) is 12.3. The first-order valence-electron chi connectivity index (χ1n) is 13.4. The highest BCUT2D eigenvalue weighted by Gasteiger charge is 2.28. The number of carbonyl (C=O) groups is 1. The lowest BCUT2D eigenvalue weighted by molar-refractivity contribution is 0.0739. The molecule has 0 unspecified atom stereocenters. The van der Waals surface area contributed by atoms with Gasteiger partial charge in [0.05, 0.1) is 19.9 Å². The molecule has 10 nitrogen and oxygen atoms in total. The Balaban J connectivity index is 1.17. The average molecular weight is 533 g/mol. The molecule has 0 atom stereocenters. The Labute approximate surface area is 228 Å². The number of aromatic amines is 1. The van der Waals surface area contributed by atoms with Gasteiger partial charge in [0.15, 0.2) is 0 Å². The number of carbonyl (C=O) groups excluding carboxylic acids is 1. The number of aromatic nitrogens is 2. The van der Waals surface area contributed by atoms with E-state index < -0.39 is 0 Å². The van der Waals surface area contributed by atoms with Crippen molar-refractivity contribution >= 4 is 11.9 Å². The van der Waals surface area contributed by atoms with Crippen molar-refractivity contribution in [1.29, 1.82) is 0 Å². The summed E-state index contributed by atoms with van der Waals surface area (Å²) in [5.41, 5.74) is 2.36. The Morgan fingerprint density at radius 3 is 2.05 bits per heavy atom. The summed E-state index contributed by atoms with van der Waals surface area (Å²) < 4.78 is 10.8. The molecule has 10 heteroatoms. The maximum Gasteiger partial charge on any atom is 0.261 e. The normalized spacial score (nSPS) is 16.8. The Kier molecular flexibility index (Phi) is 8.43. The van der Waals surface area contributed by atoms with E-state index in [0.717, 1.165) is 38.4 Å². The molecule has 0 spiro atoms. The zero-order chi connectivity index (χ0) is 27.2. The molecule has 3 heterocycles. The first kappa shape index (κ1) is 26.7. The molecule has 2 aromatic carbocycles. The number of hydrogen-bond donors (Lipinski definition) is 1. The van der Waals surface area contributed by atoms with Crippen molar-refractivity contribution in [1.82, 2.24) is 24.7 Å². The molecule has 39 heavy (non-hydrogen) atoms. The van der Waals surface area contributed by atoms with Crippen LogP contribution < -0.4 is 19.9 Å². The molecule has 206 valence electrons. The van der Waals surface area contributed by atoms with Crippen molar-refractivity contribution in [2.24, 2.45) is 0 Å². The quantitative estimate of drug-likeness (QED) is 0.471. The second-order valence-corrected chi connectivity index (χ2v) is 9.92. The summed E-state index contributed by atoms with van der Waals surface area (Å²) in [5, 5.41) is 0. The fraction of sp³-hybridized carbons (Fsp3) is 0.414. The van der Waals surface area contributed by atoms with Gasteiger partial charge in [0.1, 0.15) is 17.1 Å². The lowest BCUT2D eigenvalue weighted by Gasteiger charge is -2.36. The highest BCUT2D eigenvalue weighted by Crippen LogP contribution is 2.30. The number of nitrogens with zero attached hydrogens (tertiary/aromatic N) is 5. The van der Waals surface area contributed by atoms with Gasteiger partial charge in [-0.15, -0.1) is 0 Å². The molecule has 2 aliphatic rings. The topological polar surface area (TPSA) is 94.2 Å². The van der Waals surface area contributed by atoms with Gasteiger partial charge in [0.25, 0.3) is 11.5 Å². The molecule has 0 bridgehead atoms. The number of hydrogen-bond acceptors (Lipinski definition) is 8. The SMILES string of the molecule is COc1cccc(OC)c1C(=O)N1CCN(c2nc(CN3CCN(Cc4ccccc4)CC3)cc(=O)[nH]2)CC1. The monoisotopic (exact) mass is 532 g/mol. The summed E-state index contributed by atoms with van der Waals surface area (Å²) in [6.45, 7) is 7.56. The van der Waals surface area contributed by atoms with Crippen LogP contribution >= 0.6 is 0 Å². The highest BCUT2D eigenvalue weighted by molar-refractivity contribution is 5.99. The average Bonchev–Trinajstić information content (AvgIpc) is 2.97. The molecule has 1 amide bonds. The molecule has 0 radical (unpaired) electrons. The van der Waals surface area contributed by atoms with Gasteiger partial charge < -0.3 is 19.3 Å². The standard InChI is InChI=1S/C29H36N6O4/c1-38-24-9-6-10-25(39-2)27(24)28(37)34-15-17-35(18-16-34)29-30-23(19-26(36)31-29)21-33-13-11-32(12-14-33)20-22-7-4-3-5-8-22/h3-10,19H,11-18,20-21H2,1-2H3,(H,30,31,36). The van der Waals surface area contributed by atoms with E-state index in [1.54, 1.807) is 43.4 Å². The Hall–Kier alpha value is -3.89. The second-order valence-electron chi connectivity index (χ2n) is 9.92. The third kappa shape index (κ3) is 6.40. The van der Waals surface area contributed by atoms with E-state index in [1.165, 1.54) is 5.56 Å². The molecule has 0 aliphatic carbocycles. The van der Waals surface area contributed by atoms with Gasteiger partial charge >= 0.3 is 0 Å². The first-order valence-corrected chi connectivity index (χ1v) is 13.4. The van der Waals surface area contributed by atoms with Crippen LogP contribution in [0.2, 0.25) is 0 Å². The van der Waals surface area contributed by atoms with Crippen LogP contribution in [0.3, 0.4) is 0 Å². The van der Waals surface area contributed by atoms with Gasteiger partial charge in [0, 0.05) is 71.5 Å². The summed E-state index contributed by atoms with van der Waals surface area (Å²) >= 11 is 0. The molecule has 1 N–H and O–H groups in total. The minimum atomic E-state index is -0.157. The molecule has 1 aromatic heterocycles. The molecule has 2 aliphatic heterocycles. The van der Waals surface area contributed by atoms with Crippen LogP contribution in [-0.2, 0) is 13.1 Å². The lowest BCUT2D eigenvalue weighted by atomic mass is 10.1. The van der Waals surface area contributed by atoms with Gasteiger partial charge in [-0.05, 0) is 17.7 Å². The third-order valence-electron chi connectivity index (χ3n) is 7.39. The van der Waals surface area contributed by atoms with E-state index in [1.807, 2.05) is 11.0 Å². The summed E-state index contributed by atoms with van der Waals surface area (Å²) in [7, 11) is 3.09. The smallest absolute Gasteiger partial charge is 0.261 e. The van der Waals surface area contributed by atoms with Crippen LogP contribution in [0.15, 0.2) is 59.4 Å². The predicted molar refractivity (Wildman–Crippen MR) is 150 cm³/mol. The summed E-state index contributed by atoms with van der Waals surface area (Å²) in [5.74, 6) is 1.40. The first-order chi connectivity index (χ1) is 19.0. The molecule has 5 rings (SSSR count). The fourth-order valence-electron chi connectivity index (χ4n) is 5.24. The number of rotatable bonds is 8. The lowest BCUT2D eigenvalue weighted by Crippen LogP contribution is -2.49. The summed E-state index contributed by atoms with van der Waals surface area (Å²) in [6.07, 6.45) is 0. The third-order valence-corrected chi connectivity index (χ3v) is 7.39. The van der Waals surface area contributed by atoms with E-state index >= 15 is 0 Å². The van der Waals surface area contributed by atoms with Crippen LogP contribution in [0, 0.1) is 0 Å². The zero-order valence-electron chi connectivity index (χ0n) is 22.6. The summed E-state index contributed by atoms with van der Waals surface area (Å²) in [4.78, 5) is 42.1. The number of ether oxygens (including phenoxy) is 2. The molecule has 2 fully saturated rings. The zero-order valence-corrected chi connectivity index (χ0v) is 22.6. The van der Waals surface area contributed by atoms with E-state index in [-0.39, 0.29) is 11.5 Å². The number of nitrogens with one attached hydrogen (secondary N) is 1. The van der Waals surface area contributed by atoms with Gasteiger partial charge in [0.2, 0.25) is 5.95 Å². The van der Waals surface area contributed by atoms with Gasteiger partial charge in [-0.1, -0.05) is 36.4 Å². The number of amides is 1. The minimum Gasteiger partial charge on any atom is -0.496 e. The molecule has 3 aromatic rings. The van der Waals surface area contributed by atoms with E-state index in [4.69, 9.17) is 14.5 Å². The van der Waals surface area contributed by atoms with E-state index in [2.05, 4.69) is 39.0 Å². The number of methoxy groups -OCH3 is 2. The van der Waals surface area contributed by atoms with Crippen molar-refractivity contribution in [2.45, 2.75) is 13.1 Å². The van der Waals surface area contributed by atoms with Crippen molar-refractivity contribution in [3.05, 3.63) is 81.8 Å².